The number of halogens is 1. The molecule has 0 saturated carbocycles. The number of nitro groups is 1. The van der Waals surface area contributed by atoms with E-state index in [4.69, 9.17) is 0 Å². The second-order valence-corrected chi connectivity index (χ2v) is 4.74. The first-order chi connectivity index (χ1) is 10.5. The van der Waals surface area contributed by atoms with E-state index >= 15 is 0 Å². The van der Waals surface area contributed by atoms with Crippen molar-refractivity contribution >= 4 is 16.6 Å². The standard InChI is InChI=1S/C15H10FN3O3/c1-9-17-14-6-5-10(16)7-13(14)15(20)18(9)11-3-2-4-12(8-11)19(21)22/h2-8H,1H3. The van der Waals surface area contributed by atoms with Crippen LogP contribution in [0.25, 0.3) is 16.6 Å². The Kier molecular flexibility index (Phi) is 3.17. The van der Waals surface area contributed by atoms with Gasteiger partial charge in [-0.1, -0.05) is 6.07 Å². The minimum absolute atomic E-state index is 0.122. The van der Waals surface area contributed by atoms with E-state index in [0.717, 1.165) is 6.07 Å². The van der Waals surface area contributed by atoms with Crippen LogP contribution in [0, 0.1) is 22.9 Å². The molecule has 0 aliphatic carbocycles. The lowest BCUT2D eigenvalue weighted by atomic mass is 10.2. The molecule has 0 aliphatic rings. The third-order valence-electron chi connectivity index (χ3n) is 3.30. The smallest absolute Gasteiger partial charge is 0.268 e. The lowest BCUT2D eigenvalue weighted by Gasteiger charge is -2.10. The molecule has 0 radical (unpaired) electrons. The molecule has 0 N–H and O–H groups in total. The SMILES string of the molecule is Cc1nc2ccc(F)cc2c(=O)n1-c1cccc([N+](=O)[O-])c1. The Morgan fingerprint density at radius 2 is 2.00 bits per heavy atom. The first kappa shape index (κ1) is 13.9. The van der Waals surface area contributed by atoms with E-state index in [1.54, 1.807) is 13.0 Å². The summed E-state index contributed by atoms with van der Waals surface area (Å²) in [5.41, 5.74) is 0.0894. The van der Waals surface area contributed by atoms with Gasteiger partial charge in [-0.25, -0.2) is 9.37 Å². The van der Waals surface area contributed by atoms with Crippen LogP contribution in [-0.2, 0) is 0 Å². The van der Waals surface area contributed by atoms with Crippen molar-refractivity contribution in [1.29, 1.82) is 0 Å². The molecule has 0 aliphatic heterocycles. The number of rotatable bonds is 2. The third kappa shape index (κ3) is 2.22. The normalized spacial score (nSPS) is 10.8. The van der Waals surface area contributed by atoms with Crippen LogP contribution >= 0.6 is 0 Å². The first-order valence-corrected chi connectivity index (χ1v) is 6.41. The van der Waals surface area contributed by atoms with Gasteiger partial charge in [0.25, 0.3) is 11.2 Å². The molecule has 1 heterocycles. The Labute approximate surface area is 123 Å². The molecular weight excluding hydrogens is 289 g/mol. The number of hydrogen-bond acceptors (Lipinski definition) is 4. The van der Waals surface area contributed by atoms with Gasteiger partial charge in [-0.15, -0.1) is 0 Å². The largest absolute Gasteiger partial charge is 0.271 e. The minimum Gasteiger partial charge on any atom is -0.268 e. The predicted molar refractivity (Wildman–Crippen MR) is 78.7 cm³/mol. The molecule has 6 nitrogen and oxygen atoms in total. The summed E-state index contributed by atoms with van der Waals surface area (Å²) < 4.78 is 14.6. The Morgan fingerprint density at radius 3 is 2.73 bits per heavy atom. The molecule has 22 heavy (non-hydrogen) atoms. The van der Waals surface area contributed by atoms with Crippen molar-refractivity contribution in [3.05, 3.63) is 74.6 Å². The second kappa shape index (κ2) is 5.03. The van der Waals surface area contributed by atoms with Crippen LogP contribution in [0.1, 0.15) is 5.82 Å². The highest BCUT2D eigenvalue weighted by Gasteiger charge is 2.13. The summed E-state index contributed by atoms with van der Waals surface area (Å²) >= 11 is 0. The maximum absolute atomic E-state index is 13.4. The monoisotopic (exact) mass is 299 g/mol. The lowest BCUT2D eigenvalue weighted by Crippen LogP contribution is -2.22. The highest BCUT2D eigenvalue weighted by Crippen LogP contribution is 2.18. The molecule has 110 valence electrons. The summed E-state index contributed by atoms with van der Waals surface area (Å²) in [6, 6.07) is 9.42. The summed E-state index contributed by atoms with van der Waals surface area (Å²) in [4.78, 5) is 27.1. The number of benzene rings is 2. The molecule has 0 unspecified atom stereocenters. The van der Waals surface area contributed by atoms with Crippen molar-refractivity contribution < 1.29 is 9.31 Å². The van der Waals surface area contributed by atoms with Gasteiger partial charge in [-0.2, -0.15) is 0 Å². The van der Waals surface area contributed by atoms with Crippen LogP contribution in [-0.4, -0.2) is 14.5 Å². The van der Waals surface area contributed by atoms with Gasteiger partial charge in [0, 0.05) is 12.1 Å². The van der Waals surface area contributed by atoms with Crippen LogP contribution in [0.15, 0.2) is 47.3 Å². The van der Waals surface area contributed by atoms with Gasteiger partial charge >= 0.3 is 0 Å². The fraction of sp³-hybridized carbons (Fsp3) is 0.0667. The molecule has 0 amide bonds. The molecule has 7 heteroatoms. The molecule has 3 aromatic rings. The topological polar surface area (TPSA) is 78.0 Å². The fourth-order valence-corrected chi connectivity index (χ4v) is 2.32. The van der Waals surface area contributed by atoms with E-state index in [0.29, 0.717) is 17.0 Å². The van der Waals surface area contributed by atoms with E-state index in [-0.39, 0.29) is 11.1 Å². The number of aryl methyl sites for hydroxylation is 1. The second-order valence-electron chi connectivity index (χ2n) is 4.74. The first-order valence-electron chi connectivity index (χ1n) is 6.41. The van der Waals surface area contributed by atoms with Crippen molar-refractivity contribution in [2.24, 2.45) is 0 Å². The quantitative estimate of drug-likeness (QED) is 0.538. The summed E-state index contributed by atoms with van der Waals surface area (Å²) in [6.45, 7) is 1.61. The van der Waals surface area contributed by atoms with E-state index in [1.807, 2.05) is 0 Å². The fourth-order valence-electron chi connectivity index (χ4n) is 2.32. The van der Waals surface area contributed by atoms with E-state index < -0.39 is 16.3 Å². The van der Waals surface area contributed by atoms with Crippen LogP contribution in [0.4, 0.5) is 10.1 Å². The zero-order chi connectivity index (χ0) is 15.9. The van der Waals surface area contributed by atoms with Gasteiger partial charge < -0.3 is 0 Å². The van der Waals surface area contributed by atoms with Crippen LogP contribution in [0.2, 0.25) is 0 Å². The Morgan fingerprint density at radius 1 is 1.23 bits per heavy atom. The van der Waals surface area contributed by atoms with Crippen LogP contribution < -0.4 is 5.56 Å². The molecule has 0 saturated heterocycles. The number of hydrogen-bond donors (Lipinski definition) is 0. The molecule has 1 aromatic heterocycles. The number of nitrogens with zero attached hydrogens (tertiary/aromatic N) is 3. The molecule has 3 rings (SSSR count). The van der Waals surface area contributed by atoms with Gasteiger partial charge in [0.2, 0.25) is 0 Å². The molecule has 0 atom stereocenters. The Bertz CT molecular complexity index is 966. The number of fused-ring (bicyclic) bond motifs is 1. The summed E-state index contributed by atoms with van der Waals surface area (Å²) in [7, 11) is 0. The zero-order valence-electron chi connectivity index (χ0n) is 11.5. The molecule has 2 aromatic carbocycles. The Hall–Kier alpha value is -3.09. The average molecular weight is 299 g/mol. The maximum Gasteiger partial charge on any atom is 0.271 e. The summed E-state index contributed by atoms with van der Waals surface area (Å²) in [6.07, 6.45) is 0. The van der Waals surface area contributed by atoms with E-state index in [9.17, 15) is 19.3 Å². The zero-order valence-corrected chi connectivity index (χ0v) is 11.5. The molecule has 0 bridgehead atoms. The van der Waals surface area contributed by atoms with Crippen LogP contribution in [0.3, 0.4) is 0 Å². The van der Waals surface area contributed by atoms with Gasteiger partial charge in [0.1, 0.15) is 11.6 Å². The predicted octanol–water partition coefficient (Wildman–Crippen LogP) is 2.74. The van der Waals surface area contributed by atoms with Crippen molar-refractivity contribution in [3.8, 4) is 5.69 Å². The summed E-state index contributed by atoms with van der Waals surface area (Å²) in [5, 5.41) is 11.0. The van der Waals surface area contributed by atoms with Gasteiger partial charge in [0.15, 0.2) is 0 Å². The number of aromatic nitrogens is 2. The summed E-state index contributed by atoms with van der Waals surface area (Å²) in [5.74, 6) is -0.176. The van der Waals surface area contributed by atoms with Crippen LogP contribution in [0.5, 0.6) is 0 Å². The van der Waals surface area contributed by atoms with Gasteiger partial charge in [-0.05, 0) is 31.2 Å². The van der Waals surface area contributed by atoms with Gasteiger partial charge in [0.05, 0.1) is 21.5 Å². The van der Waals surface area contributed by atoms with Crippen molar-refractivity contribution in [2.75, 3.05) is 0 Å². The van der Waals surface area contributed by atoms with Gasteiger partial charge in [-0.3, -0.25) is 19.5 Å². The van der Waals surface area contributed by atoms with E-state index in [2.05, 4.69) is 4.98 Å². The van der Waals surface area contributed by atoms with Crippen molar-refractivity contribution in [2.45, 2.75) is 6.92 Å². The number of non-ortho nitro benzene ring substituents is 1. The minimum atomic E-state index is -0.544. The molecule has 0 fully saturated rings. The average Bonchev–Trinajstić information content (AvgIpc) is 2.48. The molecular formula is C15H10FN3O3. The maximum atomic E-state index is 13.4. The molecule has 0 spiro atoms. The highest BCUT2D eigenvalue weighted by molar-refractivity contribution is 5.78. The third-order valence-corrected chi connectivity index (χ3v) is 3.30. The van der Waals surface area contributed by atoms with Crippen molar-refractivity contribution in [3.63, 3.8) is 0 Å². The van der Waals surface area contributed by atoms with E-state index in [1.165, 1.54) is 34.9 Å². The lowest BCUT2D eigenvalue weighted by molar-refractivity contribution is -0.384. The highest BCUT2D eigenvalue weighted by atomic mass is 19.1. The number of nitro benzene ring substituents is 1. The Balaban J connectivity index is 2.33. The van der Waals surface area contributed by atoms with Crippen molar-refractivity contribution in [1.82, 2.24) is 9.55 Å².